The molecular formula is C23H28N4O2S. The number of nitrogens with zero attached hydrogens (tertiary/aromatic N) is 3. The van der Waals surface area contributed by atoms with E-state index in [9.17, 15) is 4.79 Å². The van der Waals surface area contributed by atoms with Crippen LogP contribution in [0.5, 0.6) is 0 Å². The third kappa shape index (κ3) is 4.31. The third-order valence-electron chi connectivity index (χ3n) is 5.91. The number of fused-ring (bicyclic) bond motifs is 1. The number of anilines is 1. The molecule has 0 bridgehead atoms. The minimum Gasteiger partial charge on any atom is -0.443 e. The number of carbonyl (C=O) groups is 1. The summed E-state index contributed by atoms with van der Waals surface area (Å²) in [5, 5.41) is 4.09. The zero-order chi connectivity index (χ0) is 21.1. The summed E-state index contributed by atoms with van der Waals surface area (Å²) in [6.45, 7) is 6.20. The monoisotopic (exact) mass is 424 g/mol. The summed E-state index contributed by atoms with van der Waals surface area (Å²) in [7, 11) is 0. The Morgan fingerprint density at radius 3 is 2.83 bits per heavy atom. The molecule has 158 valence electrons. The van der Waals surface area contributed by atoms with Crippen LogP contribution in [-0.4, -0.2) is 41.8 Å². The van der Waals surface area contributed by atoms with Crippen LogP contribution in [0.2, 0.25) is 0 Å². The van der Waals surface area contributed by atoms with Crippen molar-refractivity contribution in [1.29, 1.82) is 0 Å². The predicted octanol–water partition coefficient (Wildman–Crippen LogP) is 4.14. The Morgan fingerprint density at radius 2 is 2.07 bits per heavy atom. The molecule has 7 heteroatoms. The van der Waals surface area contributed by atoms with Crippen molar-refractivity contribution in [3.8, 4) is 0 Å². The molecule has 3 heterocycles. The lowest BCUT2D eigenvalue weighted by Crippen LogP contribution is -2.43. The highest BCUT2D eigenvalue weighted by Gasteiger charge is 2.28. The molecule has 1 aromatic carbocycles. The van der Waals surface area contributed by atoms with E-state index in [1.165, 1.54) is 10.5 Å². The average molecular weight is 425 g/mol. The second kappa shape index (κ2) is 9.08. The van der Waals surface area contributed by atoms with E-state index in [1.807, 2.05) is 13.8 Å². The van der Waals surface area contributed by atoms with Crippen LogP contribution in [0.4, 0.5) is 5.82 Å². The largest absolute Gasteiger partial charge is 0.443 e. The molecule has 30 heavy (non-hydrogen) atoms. The molecule has 1 amide bonds. The lowest BCUT2D eigenvalue weighted by atomic mass is 9.96. The lowest BCUT2D eigenvalue weighted by Gasteiger charge is -2.33. The number of aromatic nitrogens is 2. The smallest absolute Gasteiger partial charge is 0.231 e. The Kier molecular flexibility index (Phi) is 6.27. The molecule has 0 aliphatic carbocycles. The van der Waals surface area contributed by atoms with Crippen molar-refractivity contribution in [2.75, 3.05) is 30.8 Å². The Hall–Kier alpha value is -2.54. The van der Waals surface area contributed by atoms with E-state index in [0.717, 1.165) is 48.3 Å². The molecule has 1 aliphatic heterocycles. The van der Waals surface area contributed by atoms with Crippen LogP contribution in [0.1, 0.15) is 29.7 Å². The van der Waals surface area contributed by atoms with Crippen molar-refractivity contribution in [2.24, 2.45) is 5.92 Å². The highest BCUT2D eigenvalue weighted by molar-refractivity contribution is 7.98. The summed E-state index contributed by atoms with van der Waals surface area (Å²) < 4.78 is 5.76. The van der Waals surface area contributed by atoms with Gasteiger partial charge in [-0.15, -0.1) is 11.8 Å². The standard InChI is InChI=1S/C23H28N4O2S/c1-15-16(2)29-23-20(15)21(25-14-26-23)27-12-4-5-18(13-27)22(28)24-11-10-17-6-8-19(30-3)9-7-17/h6-9,14,18H,4-5,10-13H2,1-3H3,(H,24,28). The zero-order valence-corrected chi connectivity index (χ0v) is 18.6. The van der Waals surface area contributed by atoms with Gasteiger partial charge >= 0.3 is 0 Å². The Labute approximate surface area is 181 Å². The summed E-state index contributed by atoms with van der Waals surface area (Å²) in [6.07, 6.45) is 6.34. The van der Waals surface area contributed by atoms with Crippen LogP contribution >= 0.6 is 11.8 Å². The normalized spacial score (nSPS) is 16.8. The zero-order valence-electron chi connectivity index (χ0n) is 17.8. The van der Waals surface area contributed by atoms with Gasteiger partial charge in [0.15, 0.2) is 0 Å². The van der Waals surface area contributed by atoms with E-state index in [0.29, 0.717) is 18.8 Å². The Bertz CT molecular complexity index is 1030. The molecule has 0 saturated carbocycles. The Balaban J connectivity index is 1.38. The molecule has 1 N–H and O–H groups in total. The van der Waals surface area contributed by atoms with E-state index < -0.39 is 0 Å². The van der Waals surface area contributed by atoms with Gasteiger partial charge in [0.1, 0.15) is 17.9 Å². The molecule has 2 aromatic heterocycles. The first-order valence-corrected chi connectivity index (χ1v) is 11.7. The van der Waals surface area contributed by atoms with Gasteiger partial charge in [-0.25, -0.2) is 9.97 Å². The molecule has 0 radical (unpaired) electrons. The molecule has 1 saturated heterocycles. The van der Waals surface area contributed by atoms with Gasteiger partial charge < -0.3 is 14.6 Å². The number of hydrogen-bond donors (Lipinski definition) is 1. The van der Waals surface area contributed by atoms with Gasteiger partial charge in [-0.05, 0) is 57.1 Å². The molecule has 1 unspecified atom stereocenters. The van der Waals surface area contributed by atoms with Crippen LogP contribution in [0.15, 0.2) is 39.9 Å². The van der Waals surface area contributed by atoms with Crippen LogP contribution < -0.4 is 10.2 Å². The highest BCUT2D eigenvalue weighted by Crippen LogP contribution is 2.32. The van der Waals surface area contributed by atoms with Crippen LogP contribution in [-0.2, 0) is 11.2 Å². The third-order valence-corrected chi connectivity index (χ3v) is 6.65. The van der Waals surface area contributed by atoms with Crippen molar-refractivity contribution in [1.82, 2.24) is 15.3 Å². The van der Waals surface area contributed by atoms with Crippen LogP contribution in [0.3, 0.4) is 0 Å². The second-order valence-electron chi connectivity index (χ2n) is 7.83. The van der Waals surface area contributed by atoms with Crippen molar-refractivity contribution in [3.05, 3.63) is 47.5 Å². The first-order chi connectivity index (χ1) is 14.6. The Morgan fingerprint density at radius 1 is 1.27 bits per heavy atom. The molecule has 3 aromatic rings. The molecule has 1 atom stereocenters. The fourth-order valence-electron chi connectivity index (χ4n) is 4.05. The number of hydrogen-bond acceptors (Lipinski definition) is 6. The van der Waals surface area contributed by atoms with Gasteiger partial charge in [-0.3, -0.25) is 4.79 Å². The van der Waals surface area contributed by atoms with E-state index >= 15 is 0 Å². The van der Waals surface area contributed by atoms with Crippen LogP contribution in [0, 0.1) is 19.8 Å². The fraction of sp³-hybridized carbons (Fsp3) is 0.435. The second-order valence-corrected chi connectivity index (χ2v) is 8.71. The maximum absolute atomic E-state index is 12.8. The number of piperidine rings is 1. The summed E-state index contributed by atoms with van der Waals surface area (Å²) in [5.74, 6) is 1.84. The number of aryl methyl sites for hydroxylation is 2. The predicted molar refractivity (Wildman–Crippen MR) is 121 cm³/mol. The minimum absolute atomic E-state index is 0.0315. The minimum atomic E-state index is -0.0315. The molecule has 4 rings (SSSR count). The summed E-state index contributed by atoms with van der Waals surface area (Å²) in [6, 6.07) is 8.53. The van der Waals surface area contributed by atoms with E-state index in [-0.39, 0.29) is 11.8 Å². The van der Waals surface area contributed by atoms with Gasteiger partial charge in [-0.2, -0.15) is 0 Å². The maximum Gasteiger partial charge on any atom is 0.231 e. The molecular weight excluding hydrogens is 396 g/mol. The molecule has 0 spiro atoms. The van der Waals surface area contributed by atoms with Crippen molar-refractivity contribution in [2.45, 2.75) is 38.0 Å². The first kappa shape index (κ1) is 20.7. The number of furan rings is 1. The average Bonchev–Trinajstić information content (AvgIpc) is 3.08. The summed E-state index contributed by atoms with van der Waals surface area (Å²) >= 11 is 1.74. The van der Waals surface area contributed by atoms with Crippen molar-refractivity contribution in [3.63, 3.8) is 0 Å². The van der Waals surface area contributed by atoms with E-state index in [4.69, 9.17) is 4.42 Å². The maximum atomic E-state index is 12.8. The van der Waals surface area contributed by atoms with Gasteiger partial charge in [0.05, 0.1) is 11.3 Å². The van der Waals surface area contributed by atoms with Gasteiger partial charge in [0, 0.05) is 30.1 Å². The quantitative estimate of drug-likeness (QED) is 0.600. The van der Waals surface area contributed by atoms with E-state index in [1.54, 1.807) is 18.1 Å². The first-order valence-electron chi connectivity index (χ1n) is 10.4. The van der Waals surface area contributed by atoms with Gasteiger partial charge in [0.25, 0.3) is 0 Å². The lowest BCUT2D eigenvalue weighted by molar-refractivity contribution is -0.125. The van der Waals surface area contributed by atoms with Crippen LogP contribution in [0.25, 0.3) is 11.1 Å². The fourth-order valence-corrected chi connectivity index (χ4v) is 4.46. The number of thioether (sulfide) groups is 1. The van der Waals surface area contributed by atoms with Gasteiger partial charge in [0.2, 0.25) is 11.6 Å². The number of benzene rings is 1. The number of carbonyl (C=O) groups excluding carboxylic acids is 1. The summed E-state index contributed by atoms with van der Waals surface area (Å²) in [5.41, 5.74) is 2.93. The molecule has 1 fully saturated rings. The topological polar surface area (TPSA) is 71.3 Å². The SMILES string of the molecule is CSc1ccc(CCNC(=O)C2CCCN(c3ncnc4oc(C)c(C)c34)C2)cc1. The van der Waals surface area contributed by atoms with Crippen molar-refractivity contribution < 1.29 is 9.21 Å². The molecule has 1 aliphatic rings. The number of nitrogens with one attached hydrogen (secondary N) is 1. The summed E-state index contributed by atoms with van der Waals surface area (Å²) in [4.78, 5) is 25.1. The van der Waals surface area contributed by atoms with Gasteiger partial charge in [-0.1, -0.05) is 12.1 Å². The van der Waals surface area contributed by atoms with Crippen molar-refractivity contribution >= 4 is 34.6 Å². The number of amides is 1. The van der Waals surface area contributed by atoms with E-state index in [2.05, 4.69) is 50.7 Å². The number of rotatable bonds is 6. The molecule has 6 nitrogen and oxygen atoms in total. The highest BCUT2D eigenvalue weighted by atomic mass is 32.2.